The Bertz CT molecular complexity index is 952. The highest BCUT2D eigenvalue weighted by atomic mass is 32.2. The minimum atomic E-state index is -3.40. The molecule has 1 fully saturated rings. The molecule has 0 radical (unpaired) electrons. The van der Waals surface area contributed by atoms with Gasteiger partial charge >= 0.3 is 0 Å². The molecular formula is C20H23N3O4S. The lowest BCUT2D eigenvalue weighted by Gasteiger charge is -2.32. The molecule has 3 rings (SSSR count). The first-order chi connectivity index (χ1) is 13.3. The molecule has 1 aliphatic rings. The van der Waals surface area contributed by atoms with Crippen LogP contribution in [0.5, 0.6) is 0 Å². The Morgan fingerprint density at radius 3 is 2.25 bits per heavy atom. The minimum Gasteiger partial charge on any atom is -0.349 e. The maximum Gasteiger partial charge on any atom is 0.253 e. The molecule has 7 nitrogen and oxygen atoms in total. The first-order valence-electron chi connectivity index (χ1n) is 9.05. The number of amides is 2. The summed E-state index contributed by atoms with van der Waals surface area (Å²) in [6, 6.07) is 15.5. The summed E-state index contributed by atoms with van der Waals surface area (Å²) in [4.78, 5) is 26.7. The number of likely N-dealkylation sites (tertiary alicyclic amines) is 1. The zero-order valence-corrected chi connectivity index (χ0v) is 16.4. The minimum absolute atomic E-state index is 0.0231. The molecule has 0 bridgehead atoms. The fourth-order valence-corrected chi connectivity index (χ4v) is 3.75. The van der Waals surface area contributed by atoms with E-state index in [1.54, 1.807) is 35.2 Å². The third-order valence-corrected chi connectivity index (χ3v) is 5.17. The van der Waals surface area contributed by atoms with Gasteiger partial charge in [-0.2, -0.15) is 0 Å². The number of piperidine rings is 1. The standard InChI is InChI=1S/C20H23N3O4S/c1-28(26,27)22-18-9-5-8-16(14-18)20(25)23-12-10-17(11-13-23)21-19(24)15-6-3-2-4-7-15/h2-9,14,17,22H,10-13H2,1H3,(H,21,24). The Balaban J connectivity index is 1.57. The molecule has 2 aromatic rings. The second-order valence-corrected chi connectivity index (χ2v) is 8.61. The van der Waals surface area contributed by atoms with Crippen LogP contribution in [0.25, 0.3) is 0 Å². The normalized spacial score (nSPS) is 15.1. The predicted molar refractivity (Wildman–Crippen MR) is 108 cm³/mol. The van der Waals surface area contributed by atoms with Crippen LogP contribution in [0.4, 0.5) is 5.69 Å². The molecule has 2 aromatic carbocycles. The number of benzene rings is 2. The number of nitrogens with zero attached hydrogens (tertiary/aromatic N) is 1. The Morgan fingerprint density at radius 1 is 0.964 bits per heavy atom. The zero-order chi connectivity index (χ0) is 20.1. The van der Waals surface area contributed by atoms with Gasteiger partial charge < -0.3 is 10.2 Å². The highest BCUT2D eigenvalue weighted by Gasteiger charge is 2.25. The van der Waals surface area contributed by atoms with E-state index in [0.29, 0.717) is 42.7 Å². The first-order valence-corrected chi connectivity index (χ1v) is 10.9. The number of carbonyl (C=O) groups excluding carboxylic acids is 2. The van der Waals surface area contributed by atoms with Gasteiger partial charge in [-0.05, 0) is 43.2 Å². The number of nitrogens with one attached hydrogen (secondary N) is 2. The highest BCUT2D eigenvalue weighted by molar-refractivity contribution is 7.92. The lowest BCUT2D eigenvalue weighted by Crippen LogP contribution is -2.46. The van der Waals surface area contributed by atoms with Crippen LogP contribution >= 0.6 is 0 Å². The van der Waals surface area contributed by atoms with Gasteiger partial charge in [-0.15, -0.1) is 0 Å². The van der Waals surface area contributed by atoms with Crippen molar-refractivity contribution in [3.8, 4) is 0 Å². The Hall–Kier alpha value is -2.87. The molecule has 0 aliphatic carbocycles. The Kier molecular flexibility index (Phi) is 5.99. The van der Waals surface area contributed by atoms with Crippen LogP contribution < -0.4 is 10.0 Å². The number of hydrogen-bond acceptors (Lipinski definition) is 4. The molecule has 0 saturated carbocycles. The van der Waals surface area contributed by atoms with Gasteiger partial charge in [0.2, 0.25) is 10.0 Å². The largest absolute Gasteiger partial charge is 0.349 e. The van der Waals surface area contributed by atoms with Gasteiger partial charge in [0, 0.05) is 35.9 Å². The predicted octanol–water partition coefficient (Wildman–Crippen LogP) is 2.09. The van der Waals surface area contributed by atoms with Gasteiger partial charge in [0.05, 0.1) is 6.26 Å². The van der Waals surface area contributed by atoms with Crippen LogP contribution in [0.2, 0.25) is 0 Å². The van der Waals surface area contributed by atoms with Crippen molar-refractivity contribution in [2.24, 2.45) is 0 Å². The van der Waals surface area contributed by atoms with Gasteiger partial charge in [0.15, 0.2) is 0 Å². The summed E-state index contributed by atoms with van der Waals surface area (Å²) in [6.45, 7) is 1.06. The van der Waals surface area contributed by atoms with Crippen molar-refractivity contribution in [1.29, 1.82) is 0 Å². The quantitative estimate of drug-likeness (QED) is 0.802. The summed E-state index contributed by atoms with van der Waals surface area (Å²) in [6.07, 6.45) is 2.41. The van der Waals surface area contributed by atoms with Crippen LogP contribution in [0.3, 0.4) is 0 Å². The zero-order valence-electron chi connectivity index (χ0n) is 15.6. The van der Waals surface area contributed by atoms with Crippen molar-refractivity contribution in [3.05, 3.63) is 65.7 Å². The molecule has 8 heteroatoms. The van der Waals surface area contributed by atoms with E-state index in [2.05, 4.69) is 10.0 Å². The molecule has 0 unspecified atom stereocenters. The summed E-state index contributed by atoms with van der Waals surface area (Å²) in [5, 5.41) is 3.02. The molecule has 1 heterocycles. The number of rotatable bonds is 5. The fourth-order valence-electron chi connectivity index (χ4n) is 3.20. The van der Waals surface area contributed by atoms with Crippen molar-refractivity contribution in [1.82, 2.24) is 10.2 Å². The molecule has 28 heavy (non-hydrogen) atoms. The number of hydrogen-bond donors (Lipinski definition) is 2. The van der Waals surface area contributed by atoms with E-state index in [1.807, 2.05) is 18.2 Å². The molecule has 1 aliphatic heterocycles. The van der Waals surface area contributed by atoms with Crippen LogP contribution in [0, 0.1) is 0 Å². The van der Waals surface area contributed by atoms with Crippen molar-refractivity contribution >= 4 is 27.5 Å². The van der Waals surface area contributed by atoms with Gasteiger partial charge in [-0.3, -0.25) is 14.3 Å². The van der Waals surface area contributed by atoms with Crippen LogP contribution in [0.1, 0.15) is 33.6 Å². The lowest BCUT2D eigenvalue weighted by atomic mass is 10.0. The van der Waals surface area contributed by atoms with E-state index < -0.39 is 10.0 Å². The van der Waals surface area contributed by atoms with Gasteiger partial charge in [-0.1, -0.05) is 24.3 Å². The van der Waals surface area contributed by atoms with Crippen LogP contribution in [0.15, 0.2) is 54.6 Å². The summed E-state index contributed by atoms with van der Waals surface area (Å²) < 4.78 is 25.1. The first kappa shape index (κ1) is 19.9. The topological polar surface area (TPSA) is 95.6 Å². The molecule has 2 N–H and O–H groups in total. The van der Waals surface area contributed by atoms with Crippen molar-refractivity contribution < 1.29 is 18.0 Å². The molecule has 2 amide bonds. The molecule has 0 aromatic heterocycles. The third-order valence-electron chi connectivity index (χ3n) is 4.57. The Labute approximate surface area is 164 Å². The van der Waals surface area contributed by atoms with Crippen molar-refractivity contribution in [2.75, 3.05) is 24.1 Å². The van der Waals surface area contributed by atoms with E-state index in [9.17, 15) is 18.0 Å². The average molecular weight is 401 g/mol. The fraction of sp³-hybridized carbons (Fsp3) is 0.300. The second kappa shape index (κ2) is 8.43. The molecule has 148 valence electrons. The van der Waals surface area contributed by atoms with E-state index >= 15 is 0 Å². The number of carbonyl (C=O) groups is 2. The summed E-state index contributed by atoms with van der Waals surface area (Å²) >= 11 is 0. The van der Waals surface area contributed by atoms with Crippen LogP contribution in [-0.2, 0) is 10.0 Å². The second-order valence-electron chi connectivity index (χ2n) is 6.86. The summed E-state index contributed by atoms with van der Waals surface area (Å²) in [5.74, 6) is -0.255. The maximum atomic E-state index is 12.7. The monoisotopic (exact) mass is 401 g/mol. The Morgan fingerprint density at radius 2 is 1.61 bits per heavy atom. The van der Waals surface area contributed by atoms with E-state index in [0.717, 1.165) is 6.26 Å². The third kappa shape index (κ3) is 5.32. The molecular weight excluding hydrogens is 378 g/mol. The number of anilines is 1. The molecule has 0 spiro atoms. The summed E-state index contributed by atoms with van der Waals surface area (Å²) in [5.41, 5.74) is 1.41. The molecule has 1 saturated heterocycles. The van der Waals surface area contributed by atoms with E-state index in [-0.39, 0.29) is 17.9 Å². The van der Waals surface area contributed by atoms with Gasteiger partial charge in [-0.25, -0.2) is 8.42 Å². The van der Waals surface area contributed by atoms with E-state index in [1.165, 1.54) is 6.07 Å². The summed E-state index contributed by atoms with van der Waals surface area (Å²) in [7, 11) is -3.40. The van der Waals surface area contributed by atoms with Crippen molar-refractivity contribution in [2.45, 2.75) is 18.9 Å². The maximum absolute atomic E-state index is 12.7. The van der Waals surface area contributed by atoms with Crippen molar-refractivity contribution in [3.63, 3.8) is 0 Å². The SMILES string of the molecule is CS(=O)(=O)Nc1cccc(C(=O)N2CCC(NC(=O)c3ccccc3)CC2)c1. The van der Waals surface area contributed by atoms with Gasteiger partial charge in [0.1, 0.15) is 0 Å². The van der Waals surface area contributed by atoms with Gasteiger partial charge in [0.25, 0.3) is 11.8 Å². The lowest BCUT2D eigenvalue weighted by molar-refractivity contribution is 0.0698. The van der Waals surface area contributed by atoms with Crippen LogP contribution in [-0.4, -0.2) is 50.5 Å². The van der Waals surface area contributed by atoms with E-state index in [4.69, 9.17) is 0 Å². The molecule has 0 atom stereocenters. The smallest absolute Gasteiger partial charge is 0.253 e. The average Bonchev–Trinajstić information content (AvgIpc) is 2.67. The number of sulfonamides is 1. The highest BCUT2D eigenvalue weighted by Crippen LogP contribution is 2.18.